The monoisotopic (exact) mass is 449 g/mol. The van der Waals surface area contributed by atoms with Crippen molar-refractivity contribution in [2.45, 2.75) is 64.9 Å². The molecule has 6 heteroatoms. The summed E-state index contributed by atoms with van der Waals surface area (Å²) < 4.78 is 6.42. The second-order valence-corrected chi connectivity index (χ2v) is 9.89. The maximum Gasteiger partial charge on any atom is 0.233 e. The van der Waals surface area contributed by atoms with Gasteiger partial charge in [0.15, 0.2) is 0 Å². The lowest BCUT2D eigenvalue weighted by molar-refractivity contribution is 0.134. The van der Waals surface area contributed by atoms with Gasteiger partial charge in [0.25, 0.3) is 0 Å². The van der Waals surface area contributed by atoms with Crippen LogP contribution in [0.1, 0.15) is 68.2 Å². The molecule has 0 saturated carbocycles. The number of hydrogen-bond donors (Lipinski definition) is 3. The molecule has 6 nitrogen and oxygen atoms in total. The molecule has 4 N–H and O–H groups in total. The molecule has 2 aliphatic heterocycles. The third-order valence-corrected chi connectivity index (χ3v) is 7.06. The zero-order chi connectivity index (χ0) is 23.8. The summed E-state index contributed by atoms with van der Waals surface area (Å²) in [5, 5.41) is 23.3. The predicted octanol–water partition coefficient (Wildman–Crippen LogP) is 5.16. The van der Waals surface area contributed by atoms with Gasteiger partial charge in [-0.1, -0.05) is 41.9 Å². The Morgan fingerprint density at radius 2 is 1.97 bits per heavy atom. The number of nitrogens with two attached hydrogens (primary N) is 1. The number of fused-ring (bicyclic) bond motifs is 2. The molecular weight excluding hydrogens is 414 g/mol. The Morgan fingerprint density at radius 1 is 1.24 bits per heavy atom. The van der Waals surface area contributed by atoms with Gasteiger partial charge in [-0.05, 0) is 86.8 Å². The van der Waals surface area contributed by atoms with Gasteiger partial charge in [0.1, 0.15) is 17.1 Å². The molecule has 4 rings (SSSR count). The first-order valence-corrected chi connectivity index (χ1v) is 11.8. The van der Waals surface area contributed by atoms with E-state index < -0.39 is 5.60 Å². The second-order valence-electron chi connectivity index (χ2n) is 9.89. The molecule has 2 heterocycles. The predicted molar refractivity (Wildman–Crippen MR) is 132 cm³/mol. The van der Waals surface area contributed by atoms with E-state index in [2.05, 4.69) is 63.2 Å². The van der Waals surface area contributed by atoms with Crippen LogP contribution in [0.15, 0.2) is 47.1 Å². The van der Waals surface area contributed by atoms with Crippen LogP contribution in [-0.4, -0.2) is 39.9 Å². The zero-order valence-corrected chi connectivity index (χ0v) is 20.1. The Bertz CT molecular complexity index is 1090. The van der Waals surface area contributed by atoms with Gasteiger partial charge in [-0.15, -0.1) is 0 Å². The first-order valence-electron chi connectivity index (χ1n) is 11.8. The van der Waals surface area contributed by atoms with E-state index in [9.17, 15) is 5.11 Å². The van der Waals surface area contributed by atoms with Crippen LogP contribution in [0.4, 0.5) is 0 Å². The number of rotatable bonds is 5. The lowest BCUT2D eigenvalue weighted by Gasteiger charge is -2.42. The van der Waals surface area contributed by atoms with Gasteiger partial charge in [-0.25, -0.2) is 0 Å². The number of hydrogen-bond acceptors (Lipinski definition) is 4. The minimum atomic E-state index is -0.473. The van der Waals surface area contributed by atoms with Crippen molar-refractivity contribution in [2.75, 3.05) is 13.1 Å². The molecule has 176 valence electrons. The van der Waals surface area contributed by atoms with Gasteiger partial charge in [0.05, 0.1) is 5.56 Å². The Hall–Kier alpha value is -3.15. The van der Waals surface area contributed by atoms with Crippen LogP contribution in [0.2, 0.25) is 0 Å². The number of guanidine groups is 1. The first kappa shape index (κ1) is 23.0. The van der Waals surface area contributed by atoms with Gasteiger partial charge in [-0.3, -0.25) is 0 Å². The van der Waals surface area contributed by atoms with Crippen LogP contribution in [0.3, 0.4) is 0 Å². The number of phenols is 1. The largest absolute Gasteiger partial charge is 0.507 e. The van der Waals surface area contributed by atoms with Gasteiger partial charge in [-0.2, -0.15) is 0 Å². The van der Waals surface area contributed by atoms with Crippen LogP contribution in [-0.2, 0) is 6.42 Å². The van der Waals surface area contributed by atoms with Crippen molar-refractivity contribution in [3.05, 3.63) is 64.2 Å². The minimum absolute atomic E-state index is 0.0886. The van der Waals surface area contributed by atoms with Crippen molar-refractivity contribution in [1.29, 1.82) is 0 Å². The summed E-state index contributed by atoms with van der Waals surface area (Å²) in [7, 11) is 0. The quantitative estimate of drug-likeness (QED) is 0.254. The van der Waals surface area contributed by atoms with E-state index in [4.69, 9.17) is 15.7 Å². The molecule has 1 atom stereocenters. The first-order chi connectivity index (χ1) is 15.7. The summed E-state index contributed by atoms with van der Waals surface area (Å²) in [6.07, 6.45) is 3.89. The molecule has 33 heavy (non-hydrogen) atoms. The topological polar surface area (TPSA) is 91.3 Å². The van der Waals surface area contributed by atoms with E-state index in [0.717, 1.165) is 48.0 Å². The Balaban J connectivity index is 1.56. The highest BCUT2D eigenvalue weighted by atomic mass is 16.5. The second kappa shape index (κ2) is 9.00. The fourth-order valence-electron chi connectivity index (χ4n) is 5.08. The van der Waals surface area contributed by atoms with E-state index >= 15 is 0 Å². The molecule has 1 unspecified atom stereocenters. The van der Waals surface area contributed by atoms with Gasteiger partial charge >= 0.3 is 0 Å². The normalized spacial score (nSPS) is 18.4. The fraction of sp³-hybridized carbons (Fsp3) is 0.444. The summed E-state index contributed by atoms with van der Waals surface area (Å²) in [6, 6.07) is 12.7. The third kappa shape index (κ3) is 4.65. The number of aryl methyl sites for hydroxylation is 2. The Kier molecular flexibility index (Phi) is 6.28. The Labute approximate surface area is 196 Å². The van der Waals surface area contributed by atoms with E-state index in [-0.39, 0.29) is 11.7 Å². The molecule has 2 aliphatic rings. The van der Waals surface area contributed by atoms with Crippen LogP contribution < -0.4 is 10.5 Å². The average molecular weight is 450 g/mol. The molecular formula is C27H35N3O3. The molecule has 0 saturated heterocycles. The standard InChI is InChI=1S/C27H35N3O3/c1-17-8-10-19(11-9-17)7-5-6-18(2)20-14-23(31)25-21-16-30(26(28)29-32)13-12-22(21)27(3,4)33-24(25)15-20/h8-11,14-15,18,31-32H,5-7,12-13,16H2,1-4H3,(H2,28,29). The molecule has 2 aromatic rings. The molecule has 0 aliphatic carbocycles. The number of ether oxygens (including phenoxy) is 1. The summed E-state index contributed by atoms with van der Waals surface area (Å²) in [6.45, 7) is 9.57. The van der Waals surface area contributed by atoms with Crippen molar-refractivity contribution in [3.63, 3.8) is 0 Å². The van der Waals surface area contributed by atoms with Crippen molar-refractivity contribution in [2.24, 2.45) is 10.9 Å². The zero-order valence-electron chi connectivity index (χ0n) is 20.1. The van der Waals surface area contributed by atoms with E-state index in [1.54, 1.807) is 0 Å². The SMILES string of the molecule is Cc1ccc(CCCC(C)c2cc(O)c3c(c2)OC(C)(C)C2=C3CN(C(N)=NO)CC2)cc1. The number of nitrogens with zero attached hydrogens (tertiary/aromatic N) is 2. The maximum atomic E-state index is 11.1. The third-order valence-electron chi connectivity index (χ3n) is 7.06. The molecule has 0 aromatic heterocycles. The number of phenolic OH excluding ortho intramolecular Hbond substituents is 1. The highest BCUT2D eigenvalue weighted by Crippen LogP contribution is 2.49. The summed E-state index contributed by atoms with van der Waals surface area (Å²) in [4.78, 5) is 1.82. The van der Waals surface area contributed by atoms with E-state index in [1.165, 1.54) is 11.1 Å². The number of aromatic hydroxyl groups is 1. The van der Waals surface area contributed by atoms with Crippen LogP contribution in [0.25, 0.3) is 5.57 Å². The Morgan fingerprint density at radius 3 is 2.67 bits per heavy atom. The van der Waals surface area contributed by atoms with E-state index in [1.807, 2.05) is 11.0 Å². The molecule has 0 amide bonds. The molecule has 2 aromatic carbocycles. The van der Waals surface area contributed by atoms with Crippen molar-refractivity contribution in [3.8, 4) is 11.5 Å². The minimum Gasteiger partial charge on any atom is -0.507 e. The summed E-state index contributed by atoms with van der Waals surface area (Å²) in [5.74, 6) is 1.33. The lowest BCUT2D eigenvalue weighted by atomic mass is 9.80. The van der Waals surface area contributed by atoms with Crippen molar-refractivity contribution in [1.82, 2.24) is 4.90 Å². The maximum absolute atomic E-state index is 11.1. The van der Waals surface area contributed by atoms with Gasteiger partial charge in [0, 0.05) is 13.1 Å². The lowest BCUT2D eigenvalue weighted by Crippen LogP contribution is -2.46. The average Bonchev–Trinajstić information content (AvgIpc) is 2.78. The highest BCUT2D eigenvalue weighted by Gasteiger charge is 2.39. The van der Waals surface area contributed by atoms with Gasteiger partial charge < -0.3 is 25.7 Å². The smallest absolute Gasteiger partial charge is 0.233 e. The molecule has 0 radical (unpaired) electrons. The number of oxime groups is 1. The highest BCUT2D eigenvalue weighted by molar-refractivity contribution is 5.86. The molecule has 0 bridgehead atoms. The number of benzene rings is 2. The van der Waals surface area contributed by atoms with Crippen LogP contribution >= 0.6 is 0 Å². The summed E-state index contributed by atoms with van der Waals surface area (Å²) in [5.41, 5.74) is 12.0. The van der Waals surface area contributed by atoms with Crippen LogP contribution in [0.5, 0.6) is 11.5 Å². The molecule has 0 fully saturated rings. The van der Waals surface area contributed by atoms with Crippen molar-refractivity contribution < 1.29 is 15.1 Å². The molecule has 0 spiro atoms. The van der Waals surface area contributed by atoms with Crippen LogP contribution in [0, 0.1) is 6.92 Å². The van der Waals surface area contributed by atoms with Gasteiger partial charge in [0.2, 0.25) is 5.96 Å². The summed E-state index contributed by atoms with van der Waals surface area (Å²) >= 11 is 0. The van der Waals surface area contributed by atoms with Crippen molar-refractivity contribution >= 4 is 11.5 Å². The van der Waals surface area contributed by atoms with E-state index in [0.29, 0.717) is 24.8 Å². The fourth-order valence-corrected chi connectivity index (χ4v) is 5.08.